The van der Waals surface area contributed by atoms with E-state index in [4.69, 9.17) is 0 Å². The van der Waals surface area contributed by atoms with Crippen LogP contribution in [0.3, 0.4) is 0 Å². The number of fused-ring (bicyclic) bond motifs is 1. The molecule has 4 aromatic carbocycles. The van der Waals surface area contributed by atoms with Crippen molar-refractivity contribution >= 4 is 26.7 Å². The molecule has 37 heavy (non-hydrogen) atoms. The number of nitrogens with zero attached hydrogens (tertiary/aromatic N) is 2. The van der Waals surface area contributed by atoms with Crippen molar-refractivity contribution in [3.8, 4) is 0 Å². The van der Waals surface area contributed by atoms with E-state index in [0.29, 0.717) is 13.1 Å². The van der Waals surface area contributed by atoms with Crippen molar-refractivity contribution in [2.45, 2.75) is 23.9 Å². The number of amides is 1. The summed E-state index contributed by atoms with van der Waals surface area (Å²) in [5.41, 5.74) is 2.15. The number of nitrogens with one attached hydrogen (secondary N) is 1. The Balaban J connectivity index is 1.32. The molecular formula is C30H31N3O3S. The van der Waals surface area contributed by atoms with E-state index in [1.807, 2.05) is 72.8 Å². The number of hydrogen-bond acceptors (Lipinski definition) is 4. The van der Waals surface area contributed by atoms with E-state index < -0.39 is 16.1 Å². The van der Waals surface area contributed by atoms with Gasteiger partial charge in [0.25, 0.3) is 0 Å². The first-order valence-electron chi connectivity index (χ1n) is 12.6. The van der Waals surface area contributed by atoms with E-state index in [-0.39, 0.29) is 17.2 Å². The Morgan fingerprint density at radius 1 is 0.730 bits per heavy atom. The molecule has 0 unspecified atom stereocenters. The molecule has 1 fully saturated rings. The van der Waals surface area contributed by atoms with Crippen LogP contribution in [0.25, 0.3) is 10.8 Å². The summed E-state index contributed by atoms with van der Waals surface area (Å²) in [4.78, 5) is 17.9. The van der Waals surface area contributed by atoms with Crippen molar-refractivity contribution in [1.82, 2.24) is 14.5 Å². The molecule has 1 atom stereocenters. The molecule has 1 amide bonds. The number of carbonyl (C=O) groups is 1. The highest BCUT2D eigenvalue weighted by Gasteiger charge is 2.31. The monoisotopic (exact) mass is 513 g/mol. The summed E-state index contributed by atoms with van der Waals surface area (Å²) in [7, 11) is -3.91. The third-order valence-corrected chi connectivity index (χ3v) is 8.31. The molecule has 0 bridgehead atoms. The SMILES string of the molecule is O=C([C@@H](Cc1ccccc1)NS(=O)(=O)c1ccc2ccccc2c1)N1CCN(Cc2ccccc2)CC1. The van der Waals surface area contributed by atoms with E-state index in [2.05, 4.69) is 21.8 Å². The van der Waals surface area contributed by atoms with Gasteiger partial charge < -0.3 is 4.90 Å². The Bertz CT molecular complexity index is 1450. The highest BCUT2D eigenvalue weighted by molar-refractivity contribution is 7.89. The molecule has 5 rings (SSSR count). The Kier molecular flexibility index (Phi) is 7.65. The van der Waals surface area contributed by atoms with Gasteiger partial charge in [-0.1, -0.05) is 91.0 Å². The van der Waals surface area contributed by atoms with Crippen LogP contribution in [0.4, 0.5) is 0 Å². The molecule has 4 aromatic rings. The minimum Gasteiger partial charge on any atom is -0.339 e. The van der Waals surface area contributed by atoms with Crippen LogP contribution in [0.2, 0.25) is 0 Å². The van der Waals surface area contributed by atoms with Gasteiger partial charge in [-0.05, 0) is 40.5 Å². The standard InChI is InChI=1S/C30H31N3O3S/c34-30(33-19-17-32(18-20-33)23-25-11-5-2-6-12-25)29(21-24-9-3-1-4-10-24)31-37(35,36)28-16-15-26-13-7-8-14-27(26)22-28/h1-16,22,29,31H,17-21,23H2/t29-/m1/s1. The van der Waals surface area contributed by atoms with Gasteiger partial charge in [-0.25, -0.2) is 8.42 Å². The molecule has 0 aliphatic carbocycles. The lowest BCUT2D eigenvalue weighted by Crippen LogP contribution is -2.55. The second-order valence-electron chi connectivity index (χ2n) is 9.46. The fourth-order valence-electron chi connectivity index (χ4n) is 4.81. The van der Waals surface area contributed by atoms with Crippen LogP contribution in [-0.2, 0) is 27.8 Å². The molecule has 0 radical (unpaired) electrons. The number of rotatable bonds is 8. The molecule has 1 N–H and O–H groups in total. The highest BCUT2D eigenvalue weighted by atomic mass is 32.2. The first-order chi connectivity index (χ1) is 18.0. The topological polar surface area (TPSA) is 69.7 Å². The fourth-order valence-corrected chi connectivity index (χ4v) is 6.03. The van der Waals surface area contributed by atoms with Crippen LogP contribution in [-0.4, -0.2) is 56.3 Å². The predicted octanol–water partition coefficient (Wildman–Crippen LogP) is 4.07. The van der Waals surface area contributed by atoms with Gasteiger partial charge in [-0.2, -0.15) is 4.72 Å². The number of carbonyl (C=O) groups excluding carboxylic acids is 1. The van der Waals surface area contributed by atoms with Crippen LogP contribution in [0.15, 0.2) is 108 Å². The maximum absolute atomic E-state index is 13.7. The van der Waals surface area contributed by atoms with Crippen molar-refractivity contribution in [3.05, 3.63) is 114 Å². The van der Waals surface area contributed by atoms with Gasteiger partial charge >= 0.3 is 0 Å². The molecule has 1 heterocycles. The van der Waals surface area contributed by atoms with Crippen LogP contribution in [0.5, 0.6) is 0 Å². The maximum Gasteiger partial charge on any atom is 0.241 e. The molecule has 190 valence electrons. The average Bonchev–Trinajstić information content (AvgIpc) is 2.93. The zero-order chi connectivity index (χ0) is 25.7. The van der Waals surface area contributed by atoms with Gasteiger partial charge in [0.05, 0.1) is 4.90 Å². The summed E-state index contributed by atoms with van der Waals surface area (Å²) >= 11 is 0. The van der Waals surface area contributed by atoms with Crippen molar-refractivity contribution < 1.29 is 13.2 Å². The Morgan fingerprint density at radius 3 is 2.00 bits per heavy atom. The second kappa shape index (κ2) is 11.3. The predicted molar refractivity (Wildman–Crippen MR) is 147 cm³/mol. The quantitative estimate of drug-likeness (QED) is 0.386. The smallest absolute Gasteiger partial charge is 0.241 e. The third kappa shape index (κ3) is 6.25. The summed E-state index contributed by atoms with van der Waals surface area (Å²) in [6.07, 6.45) is 0.288. The summed E-state index contributed by atoms with van der Waals surface area (Å²) < 4.78 is 29.6. The van der Waals surface area contributed by atoms with E-state index in [1.54, 1.807) is 23.1 Å². The number of hydrogen-bond donors (Lipinski definition) is 1. The van der Waals surface area contributed by atoms with Gasteiger partial charge in [0.15, 0.2) is 0 Å². The second-order valence-corrected chi connectivity index (χ2v) is 11.2. The van der Waals surface area contributed by atoms with Gasteiger partial charge in [0, 0.05) is 32.7 Å². The summed E-state index contributed by atoms with van der Waals surface area (Å²) in [6.45, 7) is 3.46. The minimum atomic E-state index is -3.91. The average molecular weight is 514 g/mol. The molecule has 1 aliphatic heterocycles. The van der Waals surface area contributed by atoms with Crippen molar-refractivity contribution in [2.24, 2.45) is 0 Å². The van der Waals surface area contributed by atoms with Crippen LogP contribution >= 0.6 is 0 Å². The Labute approximate surface area is 218 Å². The first-order valence-corrected chi connectivity index (χ1v) is 14.1. The lowest BCUT2D eigenvalue weighted by Gasteiger charge is -2.36. The number of benzene rings is 4. The Hall–Kier alpha value is -3.52. The van der Waals surface area contributed by atoms with E-state index in [1.165, 1.54) is 5.56 Å². The largest absolute Gasteiger partial charge is 0.339 e. The molecule has 0 spiro atoms. The number of piperazine rings is 1. The van der Waals surface area contributed by atoms with Crippen LogP contribution < -0.4 is 4.72 Å². The van der Waals surface area contributed by atoms with Gasteiger partial charge in [-0.15, -0.1) is 0 Å². The number of sulfonamides is 1. The van der Waals surface area contributed by atoms with Crippen LogP contribution in [0.1, 0.15) is 11.1 Å². The molecule has 1 aliphatic rings. The third-order valence-electron chi connectivity index (χ3n) is 6.84. The summed E-state index contributed by atoms with van der Waals surface area (Å²) in [5, 5.41) is 1.80. The molecule has 0 aromatic heterocycles. The van der Waals surface area contributed by atoms with Crippen molar-refractivity contribution in [3.63, 3.8) is 0 Å². The summed E-state index contributed by atoms with van der Waals surface area (Å²) in [6, 6.07) is 31.6. The molecule has 7 heteroatoms. The normalized spacial score (nSPS) is 15.5. The molecule has 1 saturated heterocycles. The maximum atomic E-state index is 13.7. The fraction of sp³-hybridized carbons (Fsp3) is 0.233. The molecule has 0 saturated carbocycles. The first kappa shape index (κ1) is 25.1. The minimum absolute atomic E-state index is 0.157. The Morgan fingerprint density at radius 2 is 1.32 bits per heavy atom. The zero-order valence-electron chi connectivity index (χ0n) is 20.7. The van der Waals surface area contributed by atoms with Gasteiger partial charge in [0.2, 0.25) is 15.9 Å². The van der Waals surface area contributed by atoms with E-state index >= 15 is 0 Å². The van der Waals surface area contributed by atoms with Gasteiger partial charge in [0.1, 0.15) is 6.04 Å². The molecule has 6 nitrogen and oxygen atoms in total. The van der Waals surface area contributed by atoms with E-state index in [9.17, 15) is 13.2 Å². The highest BCUT2D eigenvalue weighted by Crippen LogP contribution is 2.20. The van der Waals surface area contributed by atoms with Gasteiger partial charge in [-0.3, -0.25) is 9.69 Å². The summed E-state index contributed by atoms with van der Waals surface area (Å²) in [5.74, 6) is -0.187. The lowest BCUT2D eigenvalue weighted by molar-refractivity contribution is -0.134. The lowest BCUT2D eigenvalue weighted by atomic mass is 10.1. The molecular weight excluding hydrogens is 482 g/mol. The van der Waals surface area contributed by atoms with Crippen molar-refractivity contribution in [2.75, 3.05) is 26.2 Å². The van der Waals surface area contributed by atoms with Crippen LogP contribution in [0, 0.1) is 0 Å². The van der Waals surface area contributed by atoms with Crippen molar-refractivity contribution in [1.29, 1.82) is 0 Å². The van der Waals surface area contributed by atoms with E-state index in [0.717, 1.165) is 36.0 Å². The zero-order valence-corrected chi connectivity index (χ0v) is 21.5.